The normalized spacial score (nSPS) is 14.6. The number of amides is 1. The van der Waals surface area contributed by atoms with E-state index >= 15 is 0 Å². The van der Waals surface area contributed by atoms with Gasteiger partial charge in [0.15, 0.2) is 0 Å². The highest BCUT2D eigenvalue weighted by Crippen LogP contribution is 2.21. The minimum absolute atomic E-state index is 0.141. The van der Waals surface area contributed by atoms with Gasteiger partial charge in [-0.05, 0) is 61.2 Å². The average molecular weight is 416 g/mol. The lowest BCUT2D eigenvalue weighted by Gasteiger charge is -2.29. The first-order chi connectivity index (χ1) is 13.9. The maximum atomic E-state index is 12.7. The summed E-state index contributed by atoms with van der Waals surface area (Å²) in [6.07, 6.45) is 3.80. The van der Waals surface area contributed by atoms with Crippen LogP contribution < -0.4 is 9.62 Å². The van der Waals surface area contributed by atoms with Gasteiger partial charge < -0.3 is 9.80 Å². The number of anilines is 1. The fourth-order valence-corrected chi connectivity index (χ4v) is 4.62. The standard InChI is InChI=1S/C22H29N3O3S/c1-3-23-29(27,28)21-13-9-19(10-14-21)22(26)24(2)17-18-7-11-20(12-8-18)25-15-5-4-6-16-25/h7-14,23H,3-6,15-17H2,1-2H3. The number of nitrogens with one attached hydrogen (secondary N) is 1. The van der Waals surface area contributed by atoms with Gasteiger partial charge >= 0.3 is 0 Å². The Morgan fingerprint density at radius 1 is 1.00 bits per heavy atom. The van der Waals surface area contributed by atoms with Gasteiger partial charge in [-0.2, -0.15) is 0 Å². The Balaban J connectivity index is 1.63. The van der Waals surface area contributed by atoms with Crippen molar-refractivity contribution in [3.8, 4) is 0 Å². The number of nitrogens with zero attached hydrogens (tertiary/aromatic N) is 2. The van der Waals surface area contributed by atoms with Crippen molar-refractivity contribution in [1.82, 2.24) is 9.62 Å². The highest BCUT2D eigenvalue weighted by Gasteiger charge is 2.16. The average Bonchev–Trinajstić information content (AvgIpc) is 2.74. The maximum Gasteiger partial charge on any atom is 0.253 e. The van der Waals surface area contributed by atoms with Crippen LogP contribution in [0.15, 0.2) is 53.4 Å². The Morgan fingerprint density at radius 3 is 2.21 bits per heavy atom. The lowest BCUT2D eigenvalue weighted by Crippen LogP contribution is -2.29. The molecule has 0 spiro atoms. The Morgan fingerprint density at radius 2 is 1.62 bits per heavy atom. The molecule has 1 aliphatic heterocycles. The minimum Gasteiger partial charge on any atom is -0.372 e. The molecular formula is C22H29N3O3S. The Hall–Kier alpha value is -2.38. The molecule has 7 heteroatoms. The highest BCUT2D eigenvalue weighted by atomic mass is 32.2. The second-order valence-corrected chi connectivity index (χ2v) is 9.17. The fraction of sp³-hybridized carbons (Fsp3) is 0.409. The molecule has 1 fully saturated rings. The summed E-state index contributed by atoms with van der Waals surface area (Å²) in [6, 6.07) is 14.4. The summed E-state index contributed by atoms with van der Waals surface area (Å²) < 4.78 is 26.5. The molecule has 0 aromatic heterocycles. The van der Waals surface area contributed by atoms with Crippen LogP contribution in [0.2, 0.25) is 0 Å². The van der Waals surface area contributed by atoms with Gasteiger partial charge in [-0.15, -0.1) is 0 Å². The predicted octanol–water partition coefficient (Wildman–Crippen LogP) is 3.25. The fourth-order valence-electron chi connectivity index (χ4n) is 3.58. The molecule has 2 aromatic rings. The zero-order valence-corrected chi connectivity index (χ0v) is 17.9. The lowest BCUT2D eigenvalue weighted by atomic mass is 10.1. The summed E-state index contributed by atoms with van der Waals surface area (Å²) in [5, 5.41) is 0. The van der Waals surface area contributed by atoms with Gasteiger partial charge in [-0.25, -0.2) is 13.1 Å². The first-order valence-corrected chi connectivity index (χ1v) is 11.6. The van der Waals surface area contributed by atoms with Crippen molar-refractivity contribution >= 4 is 21.6 Å². The molecule has 0 bridgehead atoms. The molecule has 0 unspecified atom stereocenters. The van der Waals surface area contributed by atoms with Gasteiger partial charge in [0.1, 0.15) is 0 Å². The van der Waals surface area contributed by atoms with Gasteiger partial charge in [0.05, 0.1) is 4.90 Å². The van der Waals surface area contributed by atoms with Gasteiger partial charge in [0, 0.05) is 44.5 Å². The zero-order chi connectivity index (χ0) is 20.9. The zero-order valence-electron chi connectivity index (χ0n) is 17.1. The molecular weight excluding hydrogens is 386 g/mol. The Kier molecular flexibility index (Phi) is 6.92. The summed E-state index contributed by atoms with van der Waals surface area (Å²) in [5.74, 6) is -0.141. The Bertz CT molecular complexity index is 919. The number of hydrogen-bond acceptors (Lipinski definition) is 4. The molecule has 1 amide bonds. The summed E-state index contributed by atoms with van der Waals surface area (Å²) in [6.45, 7) is 4.76. The van der Waals surface area contributed by atoms with Crippen molar-refractivity contribution in [3.63, 3.8) is 0 Å². The molecule has 3 rings (SSSR count). The molecule has 1 saturated heterocycles. The molecule has 0 saturated carbocycles. The van der Waals surface area contributed by atoms with E-state index in [2.05, 4.69) is 33.9 Å². The molecule has 0 aliphatic carbocycles. The molecule has 0 atom stereocenters. The first kappa shape index (κ1) is 21.3. The molecule has 29 heavy (non-hydrogen) atoms. The van der Waals surface area contributed by atoms with Crippen molar-refractivity contribution in [1.29, 1.82) is 0 Å². The number of hydrogen-bond donors (Lipinski definition) is 1. The van der Waals surface area contributed by atoms with Crippen molar-refractivity contribution in [2.24, 2.45) is 0 Å². The number of sulfonamides is 1. The number of rotatable bonds is 7. The van der Waals surface area contributed by atoms with E-state index in [-0.39, 0.29) is 10.8 Å². The first-order valence-electron chi connectivity index (χ1n) is 10.1. The van der Waals surface area contributed by atoms with Gasteiger partial charge in [0.25, 0.3) is 5.91 Å². The van der Waals surface area contributed by atoms with E-state index in [1.165, 1.54) is 37.1 Å². The van der Waals surface area contributed by atoms with Crippen LogP contribution >= 0.6 is 0 Å². The topological polar surface area (TPSA) is 69.7 Å². The van der Waals surface area contributed by atoms with Crippen LogP contribution in [0.25, 0.3) is 0 Å². The highest BCUT2D eigenvalue weighted by molar-refractivity contribution is 7.89. The molecule has 0 radical (unpaired) electrons. The number of benzene rings is 2. The quantitative estimate of drug-likeness (QED) is 0.754. The van der Waals surface area contributed by atoms with E-state index in [0.29, 0.717) is 18.7 Å². The smallest absolute Gasteiger partial charge is 0.253 e. The van der Waals surface area contributed by atoms with Crippen molar-refractivity contribution in [3.05, 3.63) is 59.7 Å². The van der Waals surface area contributed by atoms with Crippen LogP contribution in [-0.4, -0.2) is 45.9 Å². The molecule has 1 aliphatic rings. The third-order valence-corrected chi connectivity index (χ3v) is 6.73. The number of carbonyl (C=O) groups excluding carboxylic acids is 1. The number of carbonyl (C=O) groups is 1. The van der Waals surface area contributed by atoms with Gasteiger partial charge in [0.2, 0.25) is 10.0 Å². The van der Waals surface area contributed by atoms with Crippen molar-refractivity contribution in [2.75, 3.05) is 31.6 Å². The molecule has 156 valence electrons. The summed E-state index contributed by atoms with van der Waals surface area (Å²) in [7, 11) is -1.76. The van der Waals surface area contributed by atoms with Crippen LogP contribution in [0.3, 0.4) is 0 Å². The molecule has 6 nitrogen and oxygen atoms in total. The van der Waals surface area contributed by atoms with Crippen molar-refractivity contribution < 1.29 is 13.2 Å². The van der Waals surface area contributed by atoms with E-state index in [1.54, 1.807) is 31.0 Å². The van der Waals surface area contributed by atoms with Gasteiger partial charge in [-0.1, -0.05) is 19.1 Å². The third-order valence-electron chi connectivity index (χ3n) is 5.17. The molecule has 2 aromatic carbocycles. The largest absolute Gasteiger partial charge is 0.372 e. The monoisotopic (exact) mass is 415 g/mol. The Labute approximate surface area is 173 Å². The van der Waals surface area contributed by atoms with E-state index < -0.39 is 10.0 Å². The lowest BCUT2D eigenvalue weighted by molar-refractivity contribution is 0.0785. The SMILES string of the molecule is CCNS(=O)(=O)c1ccc(C(=O)N(C)Cc2ccc(N3CCCCC3)cc2)cc1. The molecule has 1 N–H and O–H groups in total. The minimum atomic E-state index is -3.51. The predicted molar refractivity (Wildman–Crippen MR) is 116 cm³/mol. The third kappa shape index (κ3) is 5.36. The van der Waals surface area contributed by atoms with E-state index in [1.807, 2.05) is 0 Å². The van der Waals surface area contributed by atoms with Crippen LogP contribution in [0, 0.1) is 0 Å². The van der Waals surface area contributed by atoms with Crippen LogP contribution in [0.1, 0.15) is 42.1 Å². The second kappa shape index (κ2) is 9.41. The van der Waals surface area contributed by atoms with Crippen LogP contribution in [0.4, 0.5) is 5.69 Å². The van der Waals surface area contributed by atoms with E-state index in [4.69, 9.17) is 0 Å². The summed E-state index contributed by atoms with van der Waals surface area (Å²) in [5.41, 5.74) is 2.76. The molecule has 1 heterocycles. The number of piperidine rings is 1. The summed E-state index contributed by atoms with van der Waals surface area (Å²) in [4.78, 5) is 16.9. The van der Waals surface area contributed by atoms with E-state index in [9.17, 15) is 13.2 Å². The van der Waals surface area contributed by atoms with Crippen LogP contribution in [0.5, 0.6) is 0 Å². The van der Waals surface area contributed by atoms with Crippen molar-refractivity contribution in [2.45, 2.75) is 37.6 Å². The van der Waals surface area contributed by atoms with E-state index in [0.717, 1.165) is 18.7 Å². The van der Waals surface area contributed by atoms with Crippen LogP contribution in [-0.2, 0) is 16.6 Å². The second-order valence-electron chi connectivity index (χ2n) is 7.40. The summed E-state index contributed by atoms with van der Waals surface area (Å²) >= 11 is 0. The maximum absolute atomic E-state index is 12.7. The van der Waals surface area contributed by atoms with Gasteiger partial charge in [-0.3, -0.25) is 4.79 Å².